The van der Waals surface area contributed by atoms with E-state index in [-0.39, 0.29) is 5.92 Å². The van der Waals surface area contributed by atoms with Gasteiger partial charge < -0.3 is 14.7 Å². The minimum atomic E-state index is -0.772. The van der Waals surface area contributed by atoms with Crippen LogP contribution in [-0.2, 0) is 4.79 Å². The van der Waals surface area contributed by atoms with Gasteiger partial charge in [-0.1, -0.05) is 0 Å². The number of nitrogens with zero attached hydrogens (tertiary/aromatic N) is 2. The fraction of sp³-hybridized carbons (Fsp3) is 0.429. The van der Waals surface area contributed by atoms with Crippen molar-refractivity contribution >= 4 is 11.7 Å². The molecule has 0 bridgehead atoms. The van der Waals surface area contributed by atoms with E-state index in [9.17, 15) is 4.79 Å². The molecule has 1 aromatic carbocycles. The summed E-state index contributed by atoms with van der Waals surface area (Å²) in [5.74, 6) is -0.468. The third-order valence-corrected chi connectivity index (χ3v) is 3.44. The molecule has 2 rings (SSSR count). The third-order valence-electron chi connectivity index (χ3n) is 3.44. The van der Waals surface area contributed by atoms with Gasteiger partial charge in [0.25, 0.3) is 0 Å². The van der Waals surface area contributed by atoms with Crippen LogP contribution in [0.3, 0.4) is 0 Å². The summed E-state index contributed by atoms with van der Waals surface area (Å²) >= 11 is 0. The summed E-state index contributed by atoms with van der Waals surface area (Å²) in [6, 6.07) is 7.38. The monoisotopic (exact) mass is 260 g/mol. The molecular weight excluding hydrogens is 244 g/mol. The van der Waals surface area contributed by atoms with E-state index in [1.165, 1.54) is 0 Å². The average molecular weight is 260 g/mol. The molecule has 1 N–H and O–H groups in total. The predicted molar refractivity (Wildman–Crippen MR) is 70.3 cm³/mol. The summed E-state index contributed by atoms with van der Waals surface area (Å²) in [4.78, 5) is 13.1. The van der Waals surface area contributed by atoms with Gasteiger partial charge >= 0.3 is 5.97 Å². The zero-order valence-corrected chi connectivity index (χ0v) is 10.8. The smallest absolute Gasteiger partial charge is 0.308 e. The largest absolute Gasteiger partial charge is 0.497 e. The van der Waals surface area contributed by atoms with E-state index < -0.39 is 5.97 Å². The number of carboxylic acids is 1. The SMILES string of the molecule is COc1ccc(C#N)c(N2CCCC(C(=O)O)C2)c1. The summed E-state index contributed by atoms with van der Waals surface area (Å²) in [5, 5.41) is 18.3. The fourth-order valence-electron chi connectivity index (χ4n) is 2.39. The van der Waals surface area contributed by atoms with Crippen LogP contribution in [0.5, 0.6) is 5.75 Å². The van der Waals surface area contributed by atoms with Gasteiger partial charge in [0.05, 0.1) is 24.3 Å². The standard InChI is InChI=1S/C14H16N2O3/c1-19-12-5-4-10(8-15)13(7-12)16-6-2-3-11(9-16)14(17)18/h4-5,7,11H,2-3,6,9H2,1H3,(H,17,18). The maximum Gasteiger partial charge on any atom is 0.308 e. The Hall–Kier alpha value is -2.22. The van der Waals surface area contributed by atoms with Crippen LogP contribution in [0, 0.1) is 17.2 Å². The van der Waals surface area contributed by atoms with Gasteiger partial charge in [0.1, 0.15) is 11.8 Å². The Balaban J connectivity index is 2.29. The fourth-order valence-corrected chi connectivity index (χ4v) is 2.39. The lowest BCUT2D eigenvalue weighted by Gasteiger charge is -2.33. The molecule has 19 heavy (non-hydrogen) atoms. The molecule has 1 fully saturated rings. The molecule has 0 spiro atoms. The first-order valence-electron chi connectivity index (χ1n) is 6.21. The second-order valence-electron chi connectivity index (χ2n) is 4.62. The van der Waals surface area contributed by atoms with Crippen molar-refractivity contribution in [3.63, 3.8) is 0 Å². The number of hydrogen-bond acceptors (Lipinski definition) is 4. The summed E-state index contributed by atoms with van der Waals surface area (Å²) in [6.07, 6.45) is 1.51. The molecule has 1 aromatic rings. The molecule has 0 amide bonds. The van der Waals surface area contributed by atoms with Gasteiger partial charge in [0.15, 0.2) is 0 Å². The summed E-state index contributed by atoms with van der Waals surface area (Å²) in [7, 11) is 1.57. The van der Waals surface area contributed by atoms with E-state index >= 15 is 0 Å². The van der Waals surface area contributed by atoms with Crippen LogP contribution in [0.15, 0.2) is 18.2 Å². The van der Waals surface area contributed by atoms with Gasteiger partial charge in [-0.25, -0.2) is 0 Å². The molecule has 0 saturated carbocycles. The van der Waals surface area contributed by atoms with E-state index in [1.807, 2.05) is 4.90 Å². The van der Waals surface area contributed by atoms with Crippen molar-refractivity contribution in [3.8, 4) is 11.8 Å². The molecule has 1 atom stereocenters. The maximum absolute atomic E-state index is 11.1. The van der Waals surface area contributed by atoms with E-state index in [2.05, 4.69) is 6.07 Å². The van der Waals surface area contributed by atoms with Crippen LogP contribution >= 0.6 is 0 Å². The number of carboxylic acid groups (broad SMARTS) is 1. The van der Waals surface area contributed by atoms with Gasteiger partial charge in [-0.3, -0.25) is 4.79 Å². The quantitative estimate of drug-likeness (QED) is 0.898. The first-order valence-corrected chi connectivity index (χ1v) is 6.21. The van der Waals surface area contributed by atoms with Gasteiger partial charge in [-0.2, -0.15) is 5.26 Å². The van der Waals surface area contributed by atoms with E-state index in [4.69, 9.17) is 15.1 Å². The van der Waals surface area contributed by atoms with Gasteiger partial charge in [0.2, 0.25) is 0 Å². The van der Waals surface area contributed by atoms with Crippen molar-refractivity contribution in [2.45, 2.75) is 12.8 Å². The number of carbonyl (C=O) groups is 1. The highest BCUT2D eigenvalue weighted by Crippen LogP contribution is 2.29. The maximum atomic E-state index is 11.1. The van der Waals surface area contributed by atoms with E-state index in [0.717, 1.165) is 18.7 Å². The summed E-state index contributed by atoms with van der Waals surface area (Å²) < 4.78 is 5.17. The van der Waals surface area contributed by atoms with Crippen LogP contribution in [0.4, 0.5) is 5.69 Å². The number of aliphatic carboxylic acids is 1. The molecule has 5 nitrogen and oxygen atoms in total. The Morgan fingerprint density at radius 1 is 1.58 bits per heavy atom. The molecule has 0 aromatic heterocycles. The lowest BCUT2D eigenvalue weighted by atomic mass is 9.97. The number of anilines is 1. The van der Waals surface area contributed by atoms with Gasteiger partial charge in [-0.15, -0.1) is 0 Å². The second-order valence-corrected chi connectivity index (χ2v) is 4.62. The Kier molecular flexibility index (Phi) is 3.91. The molecule has 5 heteroatoms. The number of benzene rings is 1. The predicted octanol–water partition coefficient (Wildman–Crippen LogP) is 1.87. The van der Waals surface area contributed by atoms with Crippen molar-refractivity contribution in [2.75, 3.05) is 25.1 Å². The van der Waals surface area contributed by atoms with Gasteiger partial charge in [0, 0.05) is 19.2 Å². The number of hydrogen-bond donors (Lipinski definition) is 1. The van der Waals surface area contributed by atoms with Crippen LogP contribution in [-0.4, -0.2) is 31.3 Å². The molecule has 100 valence electrons. The molecular formula is C14H16N2O3. The molecule has 1 unspecified atom stereocenters. The highest BCUT2D eigenvalue weighted by atomic mass is 16.5. The lowest BCUT2D eigenvalue weighted by molar-refractivity contribution is -0.141. The van der Waals surface area contributed by atoms with Crippen molar-refractivity contribution in [1.29, 1.82) is 5.26 Å². The average Bonchev–Trinajstić information content (AvgIpc) is 2.46. The minimum absolute atomic E-state index is 0.369. The molecule has 1 heterocycles. The Labute approximate surface area is 112 Å². The summed E-state index contributed by atoms with van der Waals surface area (Å²) in [5.41, 5.74) is 1.31. The Morgan fingerprint density at radius 2 is 2.37 bits per heavy atom. The first-order chi connectivity index (χ1) is 9.15. The molecule has 1 aliphatic rings. The van der Waals surface area contributed by atoms with Crippen molar-refractivity contribution in [2.24, 2.45) is 5.92 Å². The number of nitriles is 1. The number of rotatable bonds is 3. The summed E-state index contributed by atoms with van der Waals surface area (Å²) in [6.45, 7) is 1.21. The van der Waals surface area contributed by atoms with Crippen LogP contribution in [0.25, 0.3) is 0 Å². The molecule has 0 aliphatic carbocycles. The van der Waals surface area contributed by atoms with Crippen molar-refractivity contribution in [1.82, 2.24) is 0 Å². The van der Waals surface area contributed by atoms with Crippen molar-refractivity contribution in [3.05, 3.63) is 23.8 Å². The van der Waals surface area contributed by atoms with Crippen molar-refractivity contribution < 1.29 is 14.6 Å². The topological polar surface area (TPSA) is 73.6 Å². The van der Waals surface area contributed by atoms with E-state index in [0.29, 0.717) is 24.3 Å². The second kappa shape index (κ2) is 5.61. The lowest BCUT2D eigenvalue weighted by Crippen LogP contribution is -2.39. The zero-order chi connectivity index (χ0) is 13.8. The highest BCUT2D eigenvalue weighted by Gasteiger charge is 2.26. The first kappa shape index (κ1) is 13.2. The number of methoxy groups -OCH3 is 1. The molecule has 0 radical (unpaired) electrons. The zero-order valence-electron chi connectivity index (χ0n) is 10.8. The van der Waals surface area contributed by atoms with Gasteiger partial charge in [-0.05, 0) is 25.0 Å². The number of ether oxygens (including phenoxy) is 1. The third kappa shape index (κ3) is 2.79. The van der Waals surface area contributed by atoms with Crippen LogP contribution in [0.1, 0.15) is 18.4 Å². The van der Waals surface area contributed by atoms with Crippen LogP contribution < -0.4 is 9.64 Å². The van der Waals surface area contributed by atoms with E-state index in [1.54, 1.807) is 25.3 Å². The highest BCUT2D eigenvalue weighted by molar-refractivity contribution is 5.72. The Bertz CT molecular complexity index is 522. The minimum Gasteiger partial charge on any atom is -0.497 e. The molecule has 1 aliphatic heterocycles. The Morgan fingerprint density at radius 3 is 3.00 bits per heavy atom. The van der Waals surface area contributed by atoms with Crippen LogP contribution in [0.2, 0.25) is 0 Å². The normalized spacial score (nSPS) is 18.7. The number of piperidine rings is 1. The molecule has 1 saturated heterocycles.